The lowest BCUT2D eigenvalue weighted by Gasteiger charge is -2.56. The van der Waals surface area contributed by atoms with E-state index in [4.69, 9.17) is 5.73 Å². The fraction of sp³-hybridized carbons (Fsp3) is 0.667. The molecule has 4 aliphatic rings. The molecule has 1 aromatic carbocycles. The first-order valence-electron chi connectivity index (χ1n) is 8.29. The lowest BCUT2D eigenvalue weighted by atomic mass is 9.50. The standard InChI is InChI=1S/C18H23BrFN/c19-16-9-15(20)2-1-12(16)8-17(21)18-13-4-10-3-11(6-13)7-14(18)5-10/h1-2,9-11,13-14,17-18H,3-8,21H2. The molecule has 4 aliphatic carbocycles. The van der Waals surface area contributed by atoms with Crippen LogP contribution in [0.15, 0.2) is 22.7 Å². The molecule has 1 aromatic rings. The van der Waals surface area contributed by atoms with Crippen LogP contribution >= 0.6 is 15.9 Å². The van der Waals surface area contributed by atoms with Crippen LogP contribution in [-0.4, -0.2) is 6.04 Å². The first-order chi connectivity index (χ1) is 10.1. The van der Waals surface area contributed by atoms with Gasteiger partial charge in [-0.05, 0) is 85.8 Å². The predicted octanol–water partition coefficient (Wildman–Crippen LogP) is 4.53. The molecule has 0 aromatic heterocycles. The molecular formula is C18H23BrFN. The maximum Gasteiger partial charge on any atom is 0.124 e. The summed E-state index contributed by atoms with van der Waals surface area (Å²) in [6.07, 6.45) is 8.00. The molecule has 1 nitrogen and oxygen atoms in total. The SMILES string of the molecule is NC(Cc1ccc(F)cc1Br)C1C2CC3CC(C2)CC1C3. The summed E-state index contributed by atoms with van der Waals surface area (Å²) in [6.45, 7) is 0. The largest absolute Gasteiger partial charge is 0.327 e. The predicted molar refractivity (Wildman–Crippen MR) is 86.3 cm³/mol. The van der Waals surface area contributed by atoms with Crippen molar-refractivity contribution in [3.8, 4) is 0 Å². The van der Waals surface area contributed by atoms with Gasteiger partial charge in [-0.1, -0.05) is 22.0 Å². The van der Waals surface area contributed by atoms with Gasteiger partial charge in [-0.15, -0.1) is 0 Å². The smallest absolute Gasteiger partial charge is 0.124 e. The molecular weight excluding hydrogens is 329 g/mol. The van der Waals surface area contributed by atoms with E-state index in [-0.39, 0.29) is 11.9 Å². The molecule has 0 radical (unpaired) electrons. The number of halogens is 2. The van der Waals surface area contributed by atoms with Crippen molar-refractivity contribution in [2.24, 2.45) is 35.3 Å². The third kappa shape index (κ3) is 2.57. The van der Waals surface area contributed by atoms with Gasteiger partial charge in [0, 0.05) is 10.5 Å². The van der Waals surface area contributed by atoms with E-state index in [9.17, 15) is 4.39 Å². The van der Waals surface area contributed by atoms with Gasteiger partial charge < -0.3 is 5.73 Å². The lowest BCUT2D eigenvalue weighted by molar-refractivity contribution is -0.0465. The molecule has 4 fully saturated rings. The summed E-state index contributed by atoms with van der Waals surface area (Å²) in [4.78, 5) is 0. The summed E-state index contributed by atoms with van der Waals surface area (Å²) >= 11 is 3.48. The van der Waals surface area contributed by atoms with Crippen LogP contribution in [0, 0.1) is 35.4 Å². The third-order valence-electron chi connectivity index (χ3n) is 6.26. The summed E-state index contributed by atoms with van der Waals surface area (Å²) in [5.41, 5.74) is 7.77. The summed E-state index contributed by atoms with van der Waals surface area (Å²) in [6, 6.07) is 5.21. The number of hydrogen-bond donors (Lipinski definition) is 1. The Kier molecular flexibility index (Phi) is 3.61. The summed E-state index contributed by atoms with van der Waals surface area (Å²) < 4.78 is 14.1. The second kappa shape index (κ2) is 5.34. The topological polar surface area (TPSA) is 26.0 Å². The lowest BCUT2D eigenvalue weighted by Crippen LogP contribution is -2.52. The van der Waals surface area contributed by atoms with Crippen molar-refractivity contribution >= 4 is 15.9 Å². The van der Waals surface area contributed by atoms with Crippen molar-refractivity contribution in [1.82, 2.24) is 0 Å². The number of benzene rings is 1. The molecule has 4 bridgehead atoms. The molecule has 2 N–H and O–H groups in total. The van der Waals surface area contributed by atoms with Crippen LogP contribution in [0.25, 0.3) is 0 Å². The fourth-order valence-corrected chi connectivity index (χ4v) is 6.26. The van der Waals surface area contributed by atoms with Crippen molar-refractivity contribution in [3.63, 3.8) is 0 Å². The minimum Gasteiger partial charge on any atom is -0.327 e. The summed E-state index contributed by atoms with van der Waals surface area (Å²) in [5, 5.41) is 0. The Labute approximate surface area is 134 Å². The van der Waals surface area contributed by atoms with Crippen LogP contribution in [0.5, 0.6) is 0 Å². The van der Waals surface area contributed by atoms with Crippen LogP contribution in [-0.2, 0) is 6.42 Å². The summed E-state index contributed by atoms with van der Waals surface area (Å²) in [7, 11) is 0. The highest BCUT2D eigenvalue weighted by molar-refractivity contribution is 9.10. The Morgan fingerprint density at radius 2 is 1.71 bits per heavy atom. The molecule has 0 amide bonds. The van der Waals surface area contributed by atoms with Gasteiger partial charge in [0.05, 0.1) is 0 Å². The highest BCUT2D eigenvalue weighted by Crippen LogP contribution is 2.57. The minimum absolute atomic E-state index is 0.186. The Hall–Kier alpha value is -0.410. The zero-order valence-electron chi connectivity index (χ0n) is 12.3. The number of hydrogen-bond acceptors (Lipinski definition) is 1. The second-order valence-electron chi connectivity index (χ2n) is 7.61. The van der Waals surface area contributed by atoms with E-state index in [1.165, 1.54) is 32.1 Å². The molecule has 21 heavy (non-hydrogen) atoms. The Morgan fingerprint density at radius 3 is 2.29 bits per heavy atom. The molecule has 4 saturated carbocycles. The minimum atomic E-state index is -0.186. The van der Waals surface area contributed by atoms with Gasteiger partial charge in [0.15, 0.2) is 0 Å². The fourth-order valence-electron chi connectivity index (χ4n) is 5.74. The van der Waals surface area contributed by atoms with Gasteiger partial charge in [-0.25, -0.2) is 4.39 Å². The van der Waals surface area contributed by atoms with Gasteiger partial charge in [-0.3, -0.25) is 0 Å². The number of rotatable bonds is 3. The molecule has 3 heteroatoms. The normalized spacial score (nSPS) is 38.7. The third-order valence-corrected chi connectivity index (χ3v) is 7.00. The van der Waals surface area contributed by atoms with E-state index < -0.39 is 0 Å². The Bertz CT molecular complexity index is 516. The summed E-state index contributed by atoms with van der Waals surface area (Å²) in [5.74, 6) is 4.21. The zero-order chi connectivity index (χ0) is 14.6. The highest BCUT2D eigenvalue weighted by Gasteiger charge is 2.49. The second-order valence-corrected chi connectivity index (χ2v) is 8.47. The van der Waals surface area contributed by atoms with Crippen molar-refractivity contribution in [1.29, 1.82) is 0 Å². The van der Waals surface area contributed by atoms with Gasteiger partial charge in [0.2, 0.25) is 0 Å². The first kappa shape index (κ1) is 14.2. The van der Waals surface area contributed by atoms with E-state index in [2.05, 4.69) is 15.9 Å². The van der Waals surface area contributed by atoms with E-state index in [1.807, 2.05) is 6.07 Å². The van der Waals surface area contributed by atoms with E-state index >= 15 is 0 Å². The molecule has 0 aliphatic heterocycles. The maximum atomic E-state index is 13.2. The molecule has 0 saturated heterocycles. The van der Waals surface area contributed by atoms with Crippen molar-refractivity contribution in [2.45, 2.75) is 44.6 Å². The Balaban J connectivity index is 1.51. The van der Waals surface area contributed by atoms with E-state index in [0.717, 1.165) is 40.1 Å². The van der Waals surface area contributed by atoms with Crippen LogP contribution in [0.4, 0.5) is 4.39 Å². The number of nitrogens with two attached hydrogens (primary N) is 1. The zero-order valence-corrected chi connectivity index (χ0v) is 13.9. The van der Waals surface area contributed by atoms with E-state index in [1.54, 1.807) is 12.1 Å². The van der Waals surface area contributed by atoms with E-state index in [0.29, 0.717) is 5.92 Å². The quantitative estimate of drug-likeness (QED) is 0.850. The molecule has 5 rings (SSSR count). The van der Waals surface area contributed by atoms with Gasteiger partial charge in [0.1, 0.15) is 5.82 Å². The Morgan fingerprint density at radius 1 is 1.10 bits per heavy atom. The molecule has 1 atom stereocenters. The van der Waals surface area contributed by atoms with Crippen LogP contribution in [0.3, 0.4) is 0 Å². The van der Waals surface area contributed by atoms with Crippen LogP contribution in [0.1, 0.15) is 37.7 Å². The average Bonchev–Trinajstić information content (AvgIpc) is 2.40. The highest BCUT2D eigenvalue weighted by atomic mass is 79.9. The van der Waals surface area contributed by atoms with Gasteiger partial charge >= 0.3 is 0 Å². The van der Waals surface area contributed by atoms with Gasteiger partial charge in [-0.2, -0.15) is 0 Å². The first-order valence-corrected chi connectivity index (χ1v) is 9.09. The van der Waals surface area contributed by atoms with Crippen molar-refractivity contribution in [2.75, 3.05) is 0 Å². The molecule has 1 unspecified atom stereocenters. The van der Waals surface area contributed by atoms with Crippen molar-refractivity contribution in [3.05, 3.63) is 34.1 Å². The monoisotopic (exact) mass is 351 g/mol. The molecule has 0 spiro atoms. The molecule has 114 valence electrons. The van der Waals surface area contributed by atoms with Crippen LogP contribution < -0.4 is 5.73 Å². The van der Waals surface area contributed by atoms with Gasteiger partial charge in [0.25, 0.3) is 0 Å². The average molecular weight is 352 g/mol. The molecule has 0 heterocycles. The van der Waals surface area contributed by atoms with Crippen LogP contribution in [0.2, 0.25) is 0 Å². The van der Waals surface area contributed by atoms with Crippen molar-refractivity contribution < 1.29 is 4.39 Å². The maximum absolute atomic E-state index is 13.2.